The number of benzene rings is 6. The maximum atomic E-state index is 5.11. The van der Waals surface area contributed by atoms with Crippen molar-refractivity contribution in [3.8, 4) is 34.2 Å². The first-order valence-electron chi connectivity index (χ1n) is 15.5. The lowest BCUT2D eigenvalue weighted by molar-refractivity contribution is 0.591. The minimum atomic E-state index is 0.101. The summed E-state index contributed by atoms with van der Waals surface area (Å²) in [5, 5.41) is 7.64. The molecule has 6 aromatic carbocycles. The Bertz CT molecular complexity index is 2620. The molecule has 3 heterocycles. The molecule has 0 saturated heterocycles. The summed E-state index contributed by atoms with van der Waals surface area (Å²) in [7, 11) is 0. The molecule has 0 amide bonds. The van der Waals surface area contributed by atoms with Gasteiger partial charge in [-0.2, -0.15) is 0 Å². The van der Waals surface area contributed by atoms with Crippen LogP contribution >= 0.6 is 22.7 Å². The van der Waals surface area contributed by atoms with Gasteiger partial charge in [0, 0.05) is 57.0 Å². The van der Waals surface area contributed by atoms with Crippen LogP contribution < -0.4 is 0 Å². The molecule has 46 heavy (non-hydrogen) atoms. The van der Waals surface area contributed by atoms with Crippen LogP contribution in [0.3, 0.4) is 0 Å². The van der Waals surface area contributed by atoms with Crippen LogP contribution in [0.4, 0.5) is 0 Å². The van der Waals surface area contributed by atoms with Gasteiger partial charge in [0.25, 0.3) is 0 Å². The average Bonchev–Trinajstić information content (AvgIpc) is 3.65. The first kappa shape index (κ1) is 27.3. The highest BCUT2D eigenvalue weighted by Crippen LogP contribution is 2.41. The molecule has 0 atom stereocenters. The molecule has 0 bridgehead atoms. The summed E-state index contributed by atoms with van der Waals surface area (Å²) in [6.07, 6.45) is 0. The number of fused-ring (bicyclic) bond motifs is 8. The van der Waals surface area contributed by atoms with E-state index in [9.17, 15) is 0 Å². The molecule has 0 spiro atoms. The summed E-state index contributed by atoms with van der Waals surface area (Å²) in [6.45, 7) is 6.80. The monoisotopic (exact) mass is 627 g/mol. The standard InChI is InChI=1S/C41H29N3S2/c1-41(2,3)28-16-20-34-33(23-28)30-17-14-27(22-36(30)45-34)40-43-38(25-10-5-4-6-11-25)42-39(44-40)26-15-19-35-32(21-26)31-18-13-24-9-7-8-12-29(24)37(31)46-35/h4-23H,1-3H3. The van der Waals surface area contributed by atoms with Crippen LogP contribution in [0.25, 0.3) is 85.3 Å². The second kappa shape index (κ2) is 10.3. The van der Waals surface area contributed by atoms with Crippen LogP contribution in [0.2, 0.25) is 0 Å². The topological polar surface area (TPSA) is 38.7 Å². The maximum Gasteiger partial charge on any atom is 0.164 e. The maximum absolute atomic E-state index is 5.11. The molecular weight excluding hydrogens is 599 g/mol. The largest absolute Gasteiger partial charge is 0.208 e. The molecule has 9 aromatic rings. The van der Waals surface area contributed by atoms with E-state index < -0.39 is 0 Å². The third kappa shape index (κ3) is 4.50. The summed E-state index contributed by atoms with van der Waals surface area (Å²) >= 11 is 3.67. The van der Waals surface area contributed by atoms with Crippen molar-refractivity contribution in [2.75, 3.05) is 0 Å². The van der Waals surface area contributed by atoms with Crippen molar-refractivity contribution in [2.24, 2.45) is 0 Å². The van der Waals surface area contributed by atoms with E-state index in [0.29, 0.717) is 17.5 Å². The Morgan fingerprint density at radius 3 is 1.87 bits per heavy atom. The molecule has 0 aliphatic heterocycles. The molecule has 0 aliphatic carbocycles. The molecule has 220 valence electrons. The Kier molecular flexibility index (Phi) is 6.11. The molecule has 0 aliphatic rings. The van der Waals surface area contributed by atoms with Gasteiger partial charge in [0.1, 0.15) is 0 Å². The minimum absolute atomic E-state index is 0.101. The molecule has 0 radical (unpaired) electrons. The normalized spacial score (nSPS) is 12.2. The van der Waals surface area contributed by atoms with Crippen molar-refractivity contribution in [3.05, 3.63) is 127 Å². The quantitative estimate of drug-likeness (QED) is 0.196. The predicted molar refractivity (Wildman–Crippen MR) is 198 cm³/mol. The lowest BCUT2D eigenvalue weighted by atomic mass is 9.86. The fraction of sp³-hybridized carbons (Fsp3) is 0.0976. The second-order valence-electron chi connectivity index (χ2n) is 12.9. The number of thiophene rings is 2. The van der Waals surface area contributed by atoms with Crippen molar-refractivity contribution in [1.82, 2.24) is 15.0 Å². The van der Waals surface area contributed by atoms with Crippen molar-refractivity contribution in [3.63, 3.8) is 0 Å². The Labute approximate surface area is 274 Å². The highest BCUT2D eigenvalue weighted by molar-refractivity contribution is 7.26. The molecule has 0 saturated carbocycles. The zero-order chi connectivity index (χ0) is 31.0. The van der Waals surface area contributed by atoms with E-state index in [1.54, 1.807) is 0 Å². The van der Waals surface area contributed by atoms with Gasteiger partial charge in [-0.05, 0) is 58.1 Å². The van der Waals surface area contributed by atoms with Gasteiger partial charge in [-0.1, -0.05) is 106 Å². The first-order valence-corrected chi connectivity index (χ1v) is 17.2. The van der Waals surface area contributed by atoms with Gasteiger partial charge in [-0.25, -0.2) is 15.0 Å². The predicted octanol–water partition coefficient (Wildman–Crippen LogP) is 12.1. The number of rotatable bonds is 3. The zero-order valence-corrected chi connectivity index (χ0v) is 27.3. The van der Waals surface area contributed by atoms with E-state index in [4.69, 9.17) is 15.0 Å². The minimum Gasteiger partial charge on any atom is -0.208 e. The van der Waals surface area contributed by atoms with Gasteiger partial charge in [-0.3, -0.25) is 0 Å². The van der Waals surface area contributed by atoms with Gasteiger partial charge < -0.3 is 0 Å². The van der Waals surface area contributed by atoms with Crippen LogP contribution in [0, 0.1) is 0 Å². The molecule has 3 aromatic heterocycles. The second-order valence-corrected chi connectivity index (χ2v) is 15.1. The van der Waals surface area contributed by atoms with E-state index in [2.05, 4.69) is 124 Å². The summed E-state index contributed by atoms with van der Waals surface area (Å²) in [5.74, 6) is 2.03. The molecule has 0 fully saturated rings. The molecule has 0 unspecified atom stereocenters. The summed E-state index contributed by atoms with van der Waals surface area (Å²) in [6, 6.07) is 43.4. The van der Waals surface area contributed by atoms with Crippen LogP contribution in [0.5, 0.6) is 0 Å². The highest BCUT2D eigenvalue weighted by Gasteiger charge is 2.18. The lowest BCUT2D eigenvalue weighted by Gasteiger charge is -2.18. The molecule has 5 heteroatoms. The molecule has 0 N–H and O–H groups in total. The van der Waals surface area contributed by atoms with Gasteiger partial charge in [0.05, 0.1) is 0 Å². The molecule has 3 nitrogen and oxygen atoms in total. The average molecular weight is 628 g/mol. The van der Waals surface area contributed by atoms with Crippen molar-refractivity contribution in [1.29, 1.82) is 0 Å². The number of hydrogen-bond acceptors (Lipinski definition) is 5. The summed E-state index contributed by atoms with van der Waals surface area (Å²) in [4.78, 5) is 15.2. The molecular formula is C41H29N3S2. The van der Waals surface area contributed by atoms with Gasteiger partial charge in [0.15, 0.2) is 17.5 Å². The van der Waals surface area contributed by atoms with Crippen LogP contribution in [0.1, 0.15) is 26.3 Å². The van der Waals surface area contributed by atoms with Crippen LogP contribution in [-0.4, -0.2) is 15.0 Å². The van der Waals surface area contributed by atoms with Crippen molar-refractivity contribution in [2.45, 2.75) is 26.2 Å². The van der Waals surface area contributed by atoms with E-state index in [1.807, 2.05) is 40.9 Å². The van der Waals surface area contributed by atoms with E-state index >= 15 is 0 Å². The number of nitrogens with zero attached hydrogens (tertiary/aromatic N) is 3. The van der Waals surface area contributed by atoms with Gasteiger partial charge in [-0.15, -0.1) is 22.7 Å². The summed E-state index contributed by atoms with van der Waals surface area (Å²) in [5.41, 5.74) is 4.40. The van der Waals surface area contributed by atoms with Crippen molar-refractivity contribution >= 4 is 73.8 Å². The fourth-order valence-electron chi connectivity index (χ4n) is 6.38. The van der Waals surface area contributed by atoms with Gasteiger partial charge >= 0.3 is 0 Å². The molecule has 9 rings (SSSR count). The SMILES string of the molecule is CC(C)(C)c1ccc2sc3cc(-c4nc(-c5ccccc5)nc(-c5ccc6sc7c8ccccc8ccc7c6c5)n4)ccc3c2c1. The Morgan fingerprint density at radius 2 is 1.07 bits per heavy atom. The Morgan fingerprint density at radius 1 is 0.435 bits per heavy atom. The van der Waals surface area contributed by atoms with E-state index in [1.165, 1.54) is 56.7 Å². The Balaban J connectivity index is 1.22. The first-order chi connectivity index (χ1) is 22.4. The van der Waals surface area contributed by atoms with E-state index in [0.717, 1.165) is 16.7 Å². The third-order valence-corrected chi connectivity index (χ3v) is 11.2. The number of hydrogen-bond donors (Lipinski definition) is 0. The third-order valence-electron chi connectivity index (χ3n) is 8.88. The van der Waals surface area contributed by atoms with Crippen LogP contribution in [-0.2, 0) is 5.41 Å². The smallest absolute Gasteiger partial charge is 0.164 e. The fourth-order valence-corrected chi connectivity index (χ4v) is 8.72. The van der Waals surface area contributed by atoms with Gasteiger partial charge in [0.2, 0.25) is 0 Å². The van der Waals surface area contributed by atoms with E-state index in [-0.39, 0.29) is 5.41 Å². The zero-order valence-electron chi connectivity index (χ0n) is 25.7. The van der Waals surface area contributed by atoms with Crippen molar-refractivity contribution < 1.29 is 0 Å². The highest BCUT2D eigenvalue weighted by atomic mass is 32.1. The lowest BCUT2D eigenvalue weighted by Crippen LogP contribution is -2.10. The Hall–Kier alpha value is -4.97. The number of aromatic nitrogens is 3. The summed E-state index contributed by atoms with van der Waals surface area (Å²) < 4.78 is 5.11. The van der Waals surface area contributed by atoms with Crippen LogP contribution in [0.15, 0.2) is 121 Å².